The lowest BCUT2D eigenvalue weighted by molar-refractivity contribution is -0.140. The molecule has 116 valence electrons. The molecule has 3 aromatic rings. The maximum Gasteiger partial charge on any atom is 0.306 e. The van der Waals surface area contributed by atoms with E-state index in [0.717, 1.165) is 22.6 Å². The minimum atomic E-state index is -0.272. The van der Waals surface area contributed by atoms with Crippen LogP contribution >= 0.6 is 0 Å². The molecule has 0 aliphatic rings. The average molecular weight is 307 g/mol. The Balaban J connectivity index is 1.99. The van der Waals surface area contributed by atoms with Gasteiger partial charge in [-0.05, 0) is 0 Å². The van der Waals surface area contributed by atoms with Gasteiger partial charge in [-0.3, -0.25) is 4.79 Å². The van der Waals surface area contributed by atoms with E-state index in [9.17, 15) is 4.79 Å². The minimum Gasteiger partial charge on any atom is -0.469 e. The second-order valence-electron chi connectivity index (χ2n) is 5.09. The summed E-state index contributed by atoms with van der Waals surface area (Å²) in [6.07, 6.45) is 0.665. The first kappa shape index (κ1) is 15.0. The number of oxazole rings is 1. The van der Waals surface area contributed by atoms with Crippen molar-refractivity contribution in [2.45, 2.75) is 12.8 Å². The van der Waals surface area contributed by atoms with E-state index in [1.807, 2.05) is 60.7 Å². The van der Waals surface area contributed by atoms with E-state index in [-0.39, 0.29) is 12.4 Å². The first-order chi connectivity index (χ1) is 11.3. The molecule has 0 aliphatic carbocycles. The molecule has 0 radical (unpaired) electrons. The number of methoxy groups -OCH3 is 1. The number of aromatic nitrogens is 1. The van der Waals surface area contributed by atoms with Crippen LogP contribution in [0, 0.1) is 0 Å². The summed E-state index contributed by atoms with van der Waals surface area (Å²) in [6.45, 7) is 0. The molecule has 4 nitrogen and oxygen atoms in total. The van der Waals surface area contributed by atoms with E-state index in [0.29, 0.717) is 12.3 Å². The van der Waals surface area contributed by atoms with Gasteiger partial charge in [0.25, 0.3) is 0 Å². The summed E-state index contributed by atoms with van der Waals surface area (Å²) in [6, 6.07) is 19.7. The number of aryl methyl sites for hydroxylation is 1. The molecule has 0 aliphatic heterocycles. The van der Waals surface area contributed by atoms with Crippen molar-refractivity contribution in [3.63, 3.8) is 0 Å². The molecule has 0 bridgehead atoms. The van der Waals surface area contributed by atoms with Crippen molar-refractivity contribution in [1.29, 1.82) is 0 Å². The van der Waals surface area contributed by atoms with Crippen molar-refractivity contribution < 1.29 is 13.9 Å². The third kappa shape index (κ3) is 3.48. The predicted molar refractivity (Wildman–Crippen MR) is 87.7 cm³/mol. The smallest absolute Gasteiger partial charge is 0.306 e. The van der Waals surface area contributed by atoms with E-state index in [4.69, 9.17) is 4.42 Å². The van der Waals surface area contributed by atoms with E-state index >= 15 is 0 Å². The summed E-state index contributed by atoms with van der Waals surface area (Å²) in [5.74, 6) is 0.982. The van der Waals surface area contributed by atoms with Gasteiger partial charge < -0.3 is 9.15 Å². The van der Waals surface area contributed by atoms with Gasteiger partial charge in [0.15, 0.2) is 11.7 Å². The number of carbonyl (C=O) groups excluding carboxylic acids is 1. The van der Waals surface area contributed by atoms with Crippen molar-refractivity contribution in [3.05, 3.63) is 66.6 Å². The van der Waals surface area contributed by atoms with Crippen LogP contribution in [-0.2, 0) is 16.0 Å². The number of ether oxygens (including phenoxy) is 1. The fourth-order valence-corrected chi connectivity index (χ4v) is 2.36. The lowest BCUT2D eigenvalue weighted by atomic mass is 10.1. The van der Waals surface area contributed by atoms with Crippen molar-refractivity contribution in [1.82, 2.24) is 4.98 Å². The number of hydrogen-bond acceptors (Lipinski definition) is 4. The van der Waals surface area contributed by atoms with Crippen LogP contribution in [0.4, 0.5) is 0 Å². The number of carbonyl (C=O) groups is 1. The van der Waals surface area contributed by atoms with Gasteiger partial charge in [-0.15, -0.1) is 0 Å². The summed E-state index contributed by atoms with van der Waals surface area (Å²) >= 11 is 0. The number of benzene rings is 2. The molecule has 23 heavy (non-hydrogen) atoms. The quantitative estimate of drug-likeness (QED) is 0.665. The van der Waals surface area contributed by atoms with Gasteiger partial charge in [0, 0.05) is 17.5 Å². The minimum absolute atomic E-state index is 0.249. The molecule has 0 spiro atoms. The Morgan fingerprint density at radius 3 is 2.22 bits per heavy atom. The molecule has 0 saturated heterocycles. The Morgan fingerprint density at radius 2 is 1.61 bits per heavy atom. The zero-order valence-corrected chi connectivity index (χ0v) is 12.9. The monoisotopic (exact) mass is 307 g/mol. The number of nitrogens with zero attached hydrogens (tertiary/aromatic N) is 1. The third-order valence-electron chi connectivity index (χ3n) is 3.53. The van der Waals surface area contributed by atoms with E-state index < -0.39 is 0 Å². The van der Waals surface area contributed by atoms with Crippen molar-refractivity contribution >= 4 is 5.97 Å². The van der Waals surface area contributed by atoms with Crippen molar-refractivity contribution in [3.8, 4) is 22.6 Å². The highest BCUT2D eigenvalue weighted by Gasteiger charge is 2.17. The Labute approximate surface area is 134 Å². The van der Waals surface area contributed by atoms with Gasteiger partial charge in [0.1, 0.15) is 5.69 Å². The second kappa shape index (κ2) is 6.92. The molecule has 2 aromatic carbocycles. The van der Waals surface area contributed by atoms with E-state index in [1.165, 1.54) is 7.11 Å². The maximum absolute atomic E-state index is 11.3. The zero-order valence-electron chi connectivity index (χ0n) is 12.9. The normalized spacial score (nSPS) is 10.5. The summed E-state index contributed by atoms with van der Waals surface area (Å²) in [5.41, 5.74) is 2.74. The van der Waals surface area contributed by atoms with Gasteiger partial charge >= 0.3 is 5.97 Å². The van der Waals surface area contributed by atoms with Crippen LogP contribution in [0.3, 0.4) is 0 Å². The molecule has 0 fully saturated rings. The number of hydrogen-bond donors (Lipinski definition) is 0. The van der Waals surface area contributed by atoms with Crippen LogP contribution in [-0.4, -0.2) is 18.1 Å². The van der Waals surface area contributed by atoms with Crippen LogP contribution in [0.2, 0.25) is 0 Å². The molecule has 1 aromatic heterocycles. The zero-order chi connectivity index (χ0) is 16.1. The highest BCUT2D eigenvalue weighted by atomic mass is 16.5. The molecule has 3 rings (SSSR count). The van der Waals surface area contributed by atoms with Crippen LogP contribution in [0.25, 0.3) is 22.6 Å². The molecular formula is C19H17NO3. The fraction of sp³-hybridized carbons (Fsp3) is 0.158. The Bertz CT molecular complexity index is 722. The van der Waals surface area contributed by atoms with Crippen LogP contribution in [0.15, 0.2) is 65.1 Å². The van der Waals surface area contributed by atoms with Crippen LogP contribution in [0.1, 0.15) is 12.3 Å². The van der Waals surface area contributed by atoms with E-state index in [2.05, 4.69) is 9.72 Å². The molecule has 1 heterocycles. The summed E-state index contributed by atoms with van der Waals surface area (Å²) in [7, 11) is 1.38. The highest BCUT2D eigenvalue weighted by molar-refractivity contribution is 5.77. The second-order valence-corrected chi connectivity index (χ2v) is 5.09. The Morgan fingerprint density at radius 1 is 1.00 bits per heavy atom. The molecule has 0 amide bonds. The number of esters is 1. The third-order valence-corrected chi connectivity index (χ3v) is 3.53. The van der Waals surface area contributed by atoms with Gasteiger partial charge in [0.2, 0.25) is 0 Å². The molecule has 0 unspecified atom stereocenters. The molecule has 0 saturated carbocycles. The summed E-state index contributed by atoms with van der Waals surface area (Å²) in [5, 5.41) is 0. The SMILES string of the molecule is COC(=O)CCc1nc(-c2ccccc2)c(-c2ccccc2)o1. The van der Waals surface area contributed by atoms with Crippen molar-refractivity contribution in [2.75, 3.05) is 7.11 Å². The summed E-state index contributed by atoms with van der Waals surface area (Å²) in [4.78, 5) is 15.9. The van der Waals surface area contributed by atoms with Crippen molar-refractivity contribution in [2.24, 2.45) is 0 Å². The first-order valence-corrected chi connectivity index (χ1v) is 7.45. The molecule has 0 atom stereocenters. The summed E-state index contributed by atoms with van der Waals surface area (Å²) < 4.78 is 10.6. The highest BCUT2D eigenvalue weighted by Crippen LogP contribution is 2.32. The lowest BCUT2D eigenvalue weighted by Gasteiger charge is -2.00. The molecule has 0 N–H and O–H groups in total. The molecular weight excluding hydrogens is 290 g/mol. The Kier molecular flexibility index (Phi) is 4.52. The molecule has 4 heteroatoms. The van der Waals surface area contributed by atoms with Gasteiger partial charge in [-0.2, -0.15) is 0 Å². The standard InChI is InChI=1S/C19H17NO3/c1-22-17(21)13-12-16-20-18(14-8-4-2-5-9-14)19(23-16)15-10-6-3-7-11-15/h2-11H,12-13H2,1H3. The van der Waals surface area contributed by atoms with Crippen LogP contribution < -0.4 is 0 Å². The first-order valence-electron chi connectivity index (χ1n) is 7.45. The van der Waals surface area contributed by atoms with Crippen LogP contribution in [0.5, 0.6) is 0 Å². The fourth-order valence-electron chi connectivity index (χ4n) is 2.36. The van der Waals surface area contributed by atoms with Gasteiger partial charge in [-0.1, -0.05) is 60.7 Å². The Hall–Kier alpha value is -2.88. The van der Waals surface area contributed by atoms with E-state index in [1.54, 1.807) is 0 Å². The van der Waals surface area contributed by atoms with Gasteiger partial charge in [-0.25, -0.2) is 4.98 Å². The largest absolute Gasteiger partial charge is 0.469 e. The average Bonchev–Trinajstić information content (AvgIpc) is 3.05. The predicted octanol–water partition coefficient (Wildman–Crippen LogP) is 4.11. The topological polar surface area (TPSA) is 52.3 Å². The number of rotatable bonds is 5. The maximum atomic E-state index is 11.3. The van der Waals surface area contributed by atoms with Gasteiger partial charge in [0.05, 0.1) is 13.5 Å². The lowest BCUT2D eigenvalue weighted by Crippen LogP contribution is -2.01.